The summed E-state index contributed by atoms with van der Waals surface area (Å²) in [6, 6.07) is 14.8. The van der Waals surface area contributed by atoms with Crippen molar-refractivity contribution in [3.8, 4) is 5.75 Å². The fourth-order valence-corrected chi connectivity index (χ4v) is 2.55. The van der Waals surface area contributed by atoms with Gasteiger partial charge in [0.15, 0.2) is 0 Å². The molecule has 0 saturated carbocycles. The van der Waals surface area contributed by atoms with Crippen molar-refractivity contribution < 1.29 is 9.53 Å². The van der Waals surface area contributed by atoms with E-state index in [-0.39, 0.29) is 11.9 Å². The van der Waals surface area contributed by atoms with Crippen LogP contribution in [0.25, 0.3) is 0 Å². The van der Waals surface area contributed by atoms with Crippen LogP contribution in [0.3, 0.4) is 0 Å². The van der Waals surface area contributed by atoms with Crippen molar-refractivity contribution in [3.05, 3.63) is 64.1 Å². The second-order valence-corrected chi connectivity index (χ2v) is 5.30. The van der Waals surface area contributed by atoms with Crippen molar-refractivity contribution in [2.45, 2.75) is 13.0 Å². The molecule has 0 spiro atoms. The van der Waals surface area contributed by atoms with Crippen LogP contribution in [-0.4, -0.2) is 13.0 Å². The Morgan fingerprint density at radius 3 is 2.40 bits per heavy atom. The number of carbonyl (C=O) groups excluding carboxylic acids is 1. The first-order chi connectivity index (χ1) is 9.61. The van der Waals surface area contributed by atoms with Crippen molar-refractivity contribution >= 4 is 21.8 Å². The third-order valence-corrected chi connectivity index (χ3v) is 3.79. The van der Waals surface area contributed by atoms with Gasteiger partial charge in [-0.2, -0.15) is 0 Å². The Morgan fingerprint density at radius 2 is 1.80 bits per heavy atom. The van der Waals surface area contributed by atoms with Gasteiger partial charge in [-0.1, -0.05) is 34.1 Å². The normalized spacial score (nSPS) is 11.8. The second kappa shape index (κ2) is 6.57. The number of ether oxygens (including phenoxy) is 1. The first-order valence-electron chi connectivity index (χ1n) is 6.31. The van der Waals surface area contributed by atoms with E-state index >= 15 is 0 Å². The number of methoxy groups -OCH3 is 1. The molecule has 0 aliphatic carbocycles. The quantitative estimate of drug-likeness (QED) is 0.919. The SMILES string of the molecule is COc1ccc(C(=O)NC(C)c2ccccc2Br)cc1. The second-order valence-electron chi connectivity index (χ2n) is 4.45. The van der Waals surface area contributed by atoms with Crippen LogP contribution in [0.5, 0.6) is 5.75 Å². The van der Waals surface area contributed by atoms with E-state index < -0.39 is 0 Å². The Hall–Kier alpha value is -1.81. The summed E-state index contributed by atoms with van der Waals surface area (Å²) < 4.78 is 6.07. The lowest BCUT2D eigenvalue weighted by Crippen LogP contribution is -2.26. The van der Waals surface area contributed by atoms with E-state index in [0.29, 0.717) is 5.56 Å². The molecule has 1 N–H and O–H groups in total. The van der Waals surface area contributed by atoms with Crippen molar-refractivity contribution in [2.75, 3.05) is 7.11 Å². The monoisotopic (exact) mass is 333 g/mol. The summed E-state index contributed by atoms with van der Waals surface area (Å²) in [5.41, 5.74) is 1.67. The number of amides is 1. The molecule has 0 aliphatic rings. The maximum atomic E-state index is 12.2. The molecule has 2 aromatic carbocycles. The van der Waals surface area contributed by atoms with E-state index in [1.54, 1.807) is 31.4 Å². The zero-order valence-electron chi connectivity index (χ0n) is 11.4. The van der Waals surface area contributed by atoms with Gasteiger partial charge in [0.05, 0.1) is 13.2 Å². The van der Waals surface area contributed by atoms with Crippen molar-refractivity contribution in [1.29, 1.82) is 0 Å². The Kier molecular flexibility index (Phi) is 4.79. The van der Waals surface area contributed by atoms with Gasteiger partial charge in [-0.05, 0) is 42.8 Å². The first-order valence-corrected chi connectivity index (χ1v) is 7.10. The standard InChI is InChI=1S/C16H16BrNO2/c1-11(14-5-3-4-6-15(14)17)18-16(19)12-7-9-13(20-2)10-8-12/h3-11H,1-2H3,(H,18,19). The zero-order valence-corrected chi connectivity index (χ0v) is 13.0. The highest BCUT2D eigenvalue weighted by Gasteiger charge is 2.13. The molecular formula is C16H16BrNO2. The highest BCUT2D eigenvalue weighted by Crippen LogP contribution is 2.23. The van der Waals surface area contributed by atoms with Crippen LogP contribution in [-0.2, 0) is 0 Å². The summed E-state index contributed by atoms with van der Waals surface area (Å²) in [6.07, 6.45) is 0. The molecule has 1 unspecified atom stereocenters. The molecule has 0 aliphatic heterocycles. The van der Waals surface area contributed by atoms with Gasteiger partial charge >= 0.3 is 0 Å². The lowest BCUT2D eigenvalue weighted by molar-refractivity contribution is 0.0940. The summed E-state index contributed by atoms with van der Waals surface area (Å²) >= 11 is 3.49. The van der Waals surface area contributed by atoms with Gasteiger partial charge in [0.2, 0.25) is 0 Å². The third-order valence-electron chi connectivity index (χ3n) is 3.07. The average molecular weight is 334 g/mol. The summed E-state index contributed by atoms with van der Waals surface area (Å²) in [7, 11) is 1.60. The van der Waals surface area contributed by atoms with Crippen LogP contribution in [0, 0.1) is 0 Å². The van der Waals surface area contributed by atoms with Gasteiger partial charge in [-0.25, -0.2) is 0 Å². The van der Waals surface area contributed by atoms with Crippen molar-refractivity contribution in [3.63, 3.8) is 0 Å². The molecule has 20 heavy (non-hydrogen) atoms. The Balaban J connectivity index is 2.09. The minimum atomic E-state index is -0.101. The minimum Gasteiger partial charge on any atom is -0.497 e. The summed E-state index contributed by atoms with van der Waals surface area (Å²) in [6.45, 7) is 1.96. The summed E-state index contributed by atoms with van der Waals surface area (Å²) in [5, 5.41) is 2.98. The van der Waals surface area contributed by atoms with Crippen LogP contribution in [0.15, 0.2) is 53.0 Å². The zero-order chi connectivity index (χ0) is 14.5. The molecule has 0 heterocycles. The van der Waals surface area contributed by atoms with Gasteiger partial charge in [-0.3, -0.25) is 4.79 Å². The molecule has 1 atom stereocenters. The van der Waals surface area contributed by atoms with Gasteiger partial charge < -0.3 is 10.1 Å². The van der Waals surface area contributed by atoms with E-state index in [1.807, 2.05) is 31.2 Å². The van der Waals surface area contributed by atoms with E-state index in [1.165, 1.54) is 0 Å². The van der Waals surface area contributed by atoms with Crippen LogP contribution >= 0.6 is 15.9 Å². The number of nitrogens with one attached hydrogen (secondary N) is 1. The molecule has 4 heteroatoms. The molecule has 3 nitrogen and oxygen atoms in total. The fourth-order valence-electron chi connectivity index (χ4n) is 1.93. The highest BCUT2D eigenvalue weighted by atomic mass is 79.9. The molecule has 0 aromatic heterocycles. The Bertz CT molecular complexity index is 596. The number of rotatable bonds is 4. The third kappa shape index (κ3) is 3.39. The predicted molar refractivity (Wildman–Crippen MR) is 83.0 cm³/mol. The molecule has 1 amide bonds. The van der Waals surface area contributed by atoms with Crippen LogP contribution in [0.1, 0.15) is 28.9 Å². The molecule has 0 saturated heterocycles. The predicted octanol–water partition coefficient (Wildman–Crippen LogP) is 3.95. The van der Waals surface area contributed by atoms with E-state index in [4.69, 9.17) is 4.74 Å². The van der Waals surface area contributed by atoms with E-state index in [0.717, 1.165) is 15.8 Å². The lowest BCUT2D eigenvalue weighted by Gasteiger charge is -2.16. The molecule has 104 valence electrons. The number of benzene rings is 2. The van der Waals surface area contributed by atoms with Crippen LogP contribution in [0.4, 0.5) is 0 Å². The maximum Gasteiger partial charge on any atom is 0.251 e. The molecular weight excluding hydrogens is 318 g/mol. The molecule has 0 radical (unpaired) electrons. The topological polar surface area (TPSA) is 38.3 Å². The number of hydrogen-bond donors (Lipinski definition) is 1. The molecule has 0 fully saturated rings. The largest absolute Gasteiger partial charge is 0.497 e. The summed E-state index contributed by atoms with van der Waals surface area (Å²) in [4.78, 5) is 12.2. The van der Waals surface area contributed by atoms with Crippen molar-refractivity contribution in [1.82, 2.24) is 5.32 Å². The van der Waals surface area contributed by atoms with Gasteiger partial charge in [0.25, 0.3) is 5.91 Å². The number of carbonyl (C=O) groups is 1. The van der Waals surface area contributed by atoms with E-state index in [9.17, 15) is 4.79 Å². The van der Waals surface area contributed by atoms with Gasteiger partial charge in [-0.15, -0.1) is 0 Å². The number of hydrogen-bond acceptors (Lipinski definition) is 2. The Morgan fingerprint density at radius 1 is 1.15 bits per heavy atom. The molecule has 0 bridgehead atoms. The first kappa shape index (κ1) is 14.6. The molecule has 2 aromatic rings. The van der Waals surface area contributed by atoms with Gasteiger partial charge in [0.1, 0.15) is 5.75 Å². The fraction of sp³-hybridized carbons (Fsp3) is 0.188. The van der Waals surface area contributed by atoms with Crippen LogP contribution < -0.4 is 10.1 Å². The summed E-state index contributed by atoms with van der Waals surface area (Å²) in [5.74, 6) is 0.635. The van der Waals surface area contributed by atoms with Crippen LogP contribution in [0.2, 0.25) is 0 Å². The highest BCUT2D eigenvalue weighted by molar-refractivity contribution is 9.10. The molecule has 2 rings (SSSR count). The maximum absolute atomic E-state index is 12.2. The Labute approximate surface area is 127 Å². The van der Waals surface area contributed by atoms with Gasteiger partial charge in [0, 0.05) is 10.0 Å². The smallest absolute Gasteiger partial charge is 0.251 e. The van der Waals surface area contributed by atoms with Crippen molar-refractivity contribution in [2.24, 2.45) is 0 Å². The number of halogens is 1. The average Bonchev–Trinajstić information content (AvgIpc) is 2.47. The minimum absolute atomic E-state index is 0.0693. The van der Waals surface area contributed by atoms with E-state index in [2.05, 4.69) is 21.2 Å². The lowest BCUT2D eigenvalue weighted by atomic mass is 10.1.